The van der Waals surface area contributed by atoms with Crippen LogP contribution >= 0.6 is 0 Å². The average Bonchev–Trinajstić information content (AvgIpc) is 3.29. The van der Waals surface area contributed by atoms with Crippen molar-refractivity contribution < 1.29 is 4.79 Å². The number of carbonyl (C=O) groups excluding carboxylic acids is 1. The predicted octanol–water partition coefficient (Wildman–Crippen LogP) is 1.96. The van der Waals surface area contributed by atoms with Gasteiger partial charge < -0.3 is 4.90 Å². The Kier molecular flexibility index (Phi) is 3.12. The van der Waals surface area contributed by atoms with Gasteiger partial charge in [-0.2, -0.15) is 0 Å². The summed E-state index contributed by atoms with van der Waals surface area (Å²) >= 11 is 0. The van der Waals surface area contributed by atoms with Gasteiger partial charge in [0.15, 0.2) is 0 Å². The summed E-state index contributed by atoms with van der Waals surface area (Å²) in [5, 5.41) is 7.77. The first-order valence-electron chi connectivity index (χ1n) is 8.39. The molecule has 2 bridgehead atoms. The molecule has 7 nitrogen and oxygen atoms in total. The summed E-state index contributed by atoms with van der Waals surface area (Å²) in [6, 6.07) is 7.83. The number of hydrogen-bond acceptors (Lipinski definition) is 5. The van der Waals surface area contributed by atoms with Crippen LogP contribution in [-0.2, 0) is 6.42 Å². The van der Waals surface area contributed by atoms with Gasteiger partial charge in [-0.25, -0.2) is 14.6 Å². The summed E-state index contributed by atoms with van der Waals surface area (Å²) in [7, 11) is 0. The van der Waals surface area contributed by atoms with E-state index in [2.05, 4.69) is 20.3 Å². The predicted molar refractivity (Wildman–Crippen MR) is 89.0 cm³/mol. The van der Waals surface area contributed by atoms with Crippen molar-refractivity contribution in [3.05, 3.63) is 66.0 Å². The lowest BCUT2D eigenvalue weighted by atomic mass is 9.98. The van der Waals surface area contributed by atoms with E-state index in [1.54, 1.807) is 23.4 Å². The van der Waals surface area contributed by atoms with Gasteiger partial charge in [0.2, 0.25) is 0 Å². The Morgan fingerprint density at radius 1 is 1.16 bits per heavy atom. The van der Waals surface area contributed by atoms with Crippen molar-refractivity contribution in [2.24, 2.45) is 0 Å². The van der Waals surface area contributed by atoms with Crippen molar-refractivity contribution in [1.29, 1.82) is 0 Å². The third-order valence-corrected chi connectivity index (χ3v) is 5.15. The Morgan fingerprint density at radius 3 is 2.84 bits per heavy atom. The topological polar surface area (TPSA) is 76.8 Å². The van der Waals surface area contributed by atoms with E-state index in [-0.39, 0.29) is 18.0 Å². The van der Waals surface area contributed by atoms with Crippen molar-refractivity contribution >= 4 is 5.91 Å². The molecule has 2 aliphatic rings. The van der Waals surface area contributed by atoms with Crippen LogP contribution in [0.25, 0.3) is 5.69 Å². The first-order chi connectivity index (χ1) is 12.3. The molecule has 4 heterocycles. The molecule has 0 N–H and O–H groups in total. The molecule has 124 valence electrons. The number of hydrogen-bond donors (Lipinski definition) is 0. The van der Waals surface area contributed by atoms with Gasteiger partial charge in [-0.05, 0) is 37.1 Å². The fourth-order valence-electron chi connectivity index (χ4n) is 3.99. The number of aromatic nitrogens is 5. The Bertz CT molecular complexity index is 921. The van der Waals surface area contributed by atoms with Crippen LogP contribution in [0.1, 0.15) is 40.5 Å². The van der Waals surface area contributed by atoms with E-state index >= 15 is 0 Å². The Morgan fingerprint density at radius 2 is 2.04 bits per heavy atom. The van der Waals surface area contributed by atoms with Crippen LogP contribution < -0.4 is 0 Å². The normalized spacial score (nSPS) is 21.2. The number of benzene rings is 1. The van der Waals surface area contributed by atoms with E-state index in [0.29, 0.717) is 5.56 Å². The summed E-state index contributed by atoms with van der Waals surface area (Å²) in [6.45, 7) is 0. The maximum atomic E-state index is 13.1. The van der Waals surface area contributed by atoms with Gasteiger partial charge in [0.25, 0.3) is 5.91 Å². The molecule has 0 saturated carbocycles. The Labute approximate surface area is 144 Å². The molecule has 1 saturated heterocycles. The highest BCUT2D eigenvalue weighted by atomic mass is 16.2. The molecular formula is C18H16N6O. The number of rotatable bonds is 2. The quantitative estimate of drug-likeness (QED) is 0.717. The van der Waals surface area contributed by atoms with E-state index in [1.807, 2.05) is 35.4 Å². The summed E-state index contributed by atoms with van der Waals surface area (Å²) in [4.78, 5) is 23.7. The molecule has 5 rings (SSSR count). The highest BCUT2D eigenvalue weighted by Gasteiger charge is 2.43. The zero-order valence-corrected chi connectivity index (χ0v) is 13.5. The van der Waals surface area contributed by atoms with Crippen LogP contribution in [0.5, 0.6) is 0 Å². The molecule has 2 atom stereocenters. The minimum atomic E-state index is 0.0761. The van der Waals surface area contributed by atoms with E-state index in [1.165, 1.54) is 0 Å². The fraction of sp³-hybridized carbons (Fsp3) is 0.278. The smallest absolute Gasteiger partial charge is 0.254 e. The van der Waals surface area contributed by atoms with Crippen molar-refractivity contribution in [3.63, 3.8) is 0 Å². The standard InChI is InChI=1S/C18H16N6O/c25-18(12-1-3-13(4-2-12)23-8-7-21-22-23)24-14-5-6-17(24)15-10-19-11-20-16(15)9-14/h1-4,7-8,10-11,14,17H,5-6,9H2. The van der Waals surface area contributed by atoms with Crippen molar-refractivity contribution in [3.8, 4) is 5.69 Å². The van der Waals surface area contributed by atoms with Crippen LogP contribution in [0.2, 0.25) is 0 Å². The van der Waals surface area contributed by atoms with Crippen LogP contribution in [0.15, 0.2) is 49.2 Å². The van der Waals surface area contributed by atoms with Gasteiger partial charge in [-0.3, -0.25) is 4.79 Å². The zero-order valence-electron chi connectivity index (χ0n) is 13.5. The average molecular weight is 332 g/mol. The molecule has 3 aromatic rings. The molecular weight excluding hydrogens is 316 g/mol. The number of carbonyl (C=O) groups is 1. The lowest BCUT2D eigenvalue weighted by Crippen LogP contribution is -2.42. The molecule has 2 aromatic heterocycles. The molecule has 1 aromatic carbocycles. The van der Waals surface area contributed by atoms with Gasteiger partial charge in [0, 0.05) is 29.8 Å². The van der Waals surface area contributed by atoms with Gasteiger partial charge in [-0.15, -0.1) is 5.10 Å². The highest BCUT2D eigenvalue weighted by molar-refractivity contribution is 5.95. The Hall–Kier alpha value is -3.09. The number of nitrogens with zero attached hydrogens (tertiary/aromatic N) is 6. The largest absolute Gasteiger partial charge is 0.328 e. The summed E-state index contributed by atoms with van der Waals surface area (Å²) in [5.41, 5.74) is 3.77. The van der Waals surface area contributed by atoms with E-state index in [0.717, 1.165) is 36.2 Å². The van der Waals surface area contributed by atoms with Crippen molar-refractivity contribution in [2.75, 3.05) is 0 Å². The monoisotopic (exact) mass is 332 g/mol. The summed E-state index contributed by atoms with van der Waals surface area (Å²) in [5.74, 6) is 0.0761. The third kappa shape index (κ3) is 2.23. The summed E-state index contributed by atoms with van der Waals surface area (Å²) in [6.07, 6.45) is 9.68. The Balaban J connectivity index is 1.45. The van der Waals surface area contributed by atoms with E-state index < -0.39 is 0 Å². The molecule has 1 fully saturated rings. The second-order valence-corrected chi connectivity index (χ2v) is 6.48. The van der Waals surface area contributed by atoms with Gasteiger partial charge in [0.05, 0.1) is 29.8 Å². The van der Waals surface area contributed by atoms with Crippen molar-refractivity contribution in [1.82, 2.24) is 29.9 Å². The van der Waals surface area contributed by atoms with Crippen LogP contribution in [-0.4, -0.2) is 41.8 Å². The SMILES string of the molecule is O=C(c1ccc(-n2ccnn2)cc1)N1C2CCC1c1cncnc1C2. The zero-order chi connectivity index (χ0) is 16.8. The third-order valence-electron chi connectivity index (χ3n) is 5.15. The maximum Gasteiger partial charge on any atom is 0.254 e. The van der Waals surface area contributed by atoms with Gasteiger partial charge >= 0.3 is 0 Å². The lowest BCUT2D eigenvalue weighted by Gasteiger charge is -2.35. The highest BCUT2D eigenvalue weighted by Crippen LogP contribution is 2.43. The fourth-order valence-corrected chi connectivity index (χ4v) is 3.99. The molecule has 0 spiro atoms. The minimum Gasteiger partial charge on any atom is -0.328 e. The van der Waals surface area contributed by atoms with Crippen LogP contribution in [0.3, 0.4) is 0 Å². The first kappa shape index (κ1) is 14.3. The molecule has 7 heteroatoms. The lowest BCUT2D eigenvalue weighted by molar-refractivity contribution is 0.0644. The maximum absolute atomic E-state index is 13.1. The van der Waals surface area contributed by atoms with E-state index in [4.69, 9.17) is 0 Å². The van der Waals surface area contributed by atoms with Gasteiger partial charge in [-0.1, -0.05) is 5.21 Å². The summed E-state index contributed by atoms with van der Waals surface area (Å²) < 4.78 is 1.67. The van der Waals surface area contributed by atoms with Crippen LogP contribution in [0.4, 0.5) is 0 Å². The molecule has 1 amide bonds. The van der Waals surface area contributed by atoms with E-state index in [9.17, 15) is 4.79 Å². The number of amides is 1. The van der Waals surface area contributed by atoms with Crippen molar-refractivity contribution in [2.45, 2.75) is 31.3 Å². The first-order valence-corrected chi connectivity index (χ1v) is 8.39. The second kappa shape index (κ2) is 5.47. The van der Waals surface area contributed by atoms with Gasteiger partial charge in [0.1, 0.15) is 6.33 Å². The molecule has 25 heavy (non-hydrogen) atoms. The molecule has 0 aliphatic carbocycles. The minimum absolute atomic E-state index is 0.0761. The molecule has 2 aliphatic heterocycles. The molecule has 2 unspecified atom stereocenters. The van der Waals surface area contributed by atoms with Crippen LogP contribution in [0, 0.1) is 0 Å². The second-order valence-electron chi connectivity index (χ2n) is 6.48. The molecule has 0 radical (unpaired) electrons. The number of fused-ring (bicyclic) bond motifs is 4.